The van der Waals surface area contributed by atoms with Gasteiger partial charge in [-0.2, -0.15) is 0 Å². The van der Waals surface area contributed by atoms with Crippen LogP contribution in [0.3, 0.4) is 0 Å². The third kappa shape index (κ3) is 1.35. The standard InChI is InChI=1S/C12H16N2/c1-3-9-7-10-4-2-6-14-12(10)8-11(9)13-5-1/h7-8,13-14H,1-6H2/p+2. The van der Waals surface area contributed by atoms with Crippen molar-refractivity contribution in [2.24, 2.45) is 0 Å². The van der Waals surface area contributed by atoms with Crippen LogP contribution in [0.4, 0.5) is 11.4 Å². The largest absolute Gasteiger partial charge is 0.313 e. The smallest absolute Gasteiger partial charge is 0.138 e. The zero-order valence-electron chi connectivity index (χ0n) is 8.55. The molecule has 2 aliphatic rings. The van der Waals surface area contributed by atoms with Crippen LogP contribution in [-0.2, 0) is 12.8 Å². The van der Waals surface area contributed by atoms with Crippen molar-refractivity contribution < 1.29 is 10.6 Å². The Balaban J connectivity index is 2.06. The first-order valence-electron chi connectivity index (χ1n) is 5.76. The fourth-order valence-corrected chi connectivity index (χ4v) is 2.64. The molecule has 0 bridgehead atoms. The predicted octanol–water partition coefficient (Wildman–Crippen LogP) is -0.0312. The molecule has 1 aromatic rings. The second-order valence-corrected chi connectivity index (χ2v) is 4.44. The Kier molecular flexibility index (Phi) is 2.03. The van der Waals surface area contributed by atoms with E-state index in [4.69, 9.17) is 0 Å². The van der Waals surface area contributed by atoms with E-state index in [1.54, 1.807) is 11.1 Å². The van der Waals surface area contributed by atoms with Crippen molar-refractivity contribution in [3.63, 3.8) is 0 Å². The molecule has 0 spiro atoms. The summed E-state index contributed by atoms with van der Waals surface area (Å²) >= 11 is 0. The molecular weight excluding hydrogens is 172 g/mol. The number of quaternary nitrogens is 2. The first-order valence-corrected chi connectivity index (χ1v) is 5.76. The third-order valence-electron chi connectivity index (χ3n) is 3.43. The first-order chi connectivity index (χ1) is 6.93. The van der Waals surface area contributed by atoms with Crippen LogP contribution in [0.25, 0.3) is 0 Å². The molecule has 0 atom stereocenters. The average molecular weight is 190 g/mol. The van der Waals surface area contributed by atoms with Gasteiger partial charge in [0, 0.05) is 24.0 Å². The van der Waals surface area contributed by atoms with E-state index in [-0.39, 0.29) is 0 Å². The molecule has 2 heterocycles. The van der Waals surface area contributed by atoms with Crippen LogP contribution in [0.5, 0.6) is 0 Å². The maximum absolute atomic E-state index is 2.45. The van der Waals surface area contributed by atoms with Gasteiger partial charge in [0.15, 0.2) is 0 Å². The minimum Gasteiger partial charge on any atom is -0.313 e. The van der Waals surface area contributed by atoms with Crippen LogP contribution in [-0.4, -0.2) is 13.1 Å². The van der Waals surface area contributed by atoms with E-state index in [0.29, 0.717) is 0 Å². The Morgan fingerprint density at radius 1 is 0.786 bits per heavy atom. The number of benzene rings is 1. The van der Waals surface area contributed by atoms with E-state index in [1.807, 2.05) is 0 Å². The fraction of sp³-hybridized carbons (Fsp3) is 0.500. The van der Waals surface area contributed by atoms with Crippen LogP contribution >= 0.6 is 0 Å². The maximum Gasteiger partial charge on any atom is 0.138 e. The second kappa shape index (κ2) is 3.37. The molecule has 4 N–H and O–H groups in total. The highest BCUT2D eigenvalue weighted by Crippen LogP contribution is 2.24. The lowest BCUT2D eigenvalue weighted by Crippen LogP contribution is -2.82. The Morgan fingerprint density at radius 3 is 1.93 bits per heavy atom. The van der Waals surface area contributed by atoms with Crippen molar-refractivity contribution in [2.75, 3.05) is 13.1 Å². The summed E-state index contributed by atoms with van der Waals surface area (Å²) in [5.74, 6) is 0. The number of hydrogen-bond donors (Lipinski definition) is 2. The molecule has 1 aromatic carbocycles. The summed E-state index contributed by atoms with van der Waals surface area (Å²) < 4.78 is 0. The van der Waals surface area contributed by atoms with Crippen molar-refractivity contribution in [2.45, 2.75) is 25.7 Å². The minimum absolute atomic E-state index is 1.27. The quantitative estimate of drug-likeness (QED) is 0.539. The third-order valence-corrected chi connectivity index (χ3v) is 3.43. The Labute approximate surface area is 84.7 Å². The SMILES string of the molecule is c1c2c(cc3c1CCC[NH2+]3)[NH2+]CCC2. The molecule has 0 unspecified atom stereocenters. The molecule has 3 rings (SSSR count). The van der Waals surface area contributed by atoms with Crippen molar-refractivity contribution in [3.8, 4) is 0 Å². The Hall–Kier alpha value is -0.860. The minimum atomic E-state index is 1.27. The summed E-state index contributed by atoms with van der Waals surface area (Å²) in [7, 11) is 0. The Morgan fingerprint density at radius 2 is 1.36 bits per heavy atom. The Bertz CT molecular complexity index is 291. The van der Waals surface area contributed by atoms with Crippen LogP contribution in [0.1, 0.15) is 24.0 Å². The van der Waals surface area contributed by atoms with Crippen molar-refractivity contribution >= 4 is 11.4 Å². The molecule has 0 fully saturated rings. The van der Waals surface area contributed by atoms with Gasteiger partial charge in [0.1, 0.15) is 11.4 Å². The monoisotopic (exact) mass is 190 g/mol. The molecule has 14 heavy (non-hydrogen) atoms. The predicted molar refractivity (Wildman–Crippen MR) is 56.0 cm³/mol. The molecular formula is C12H18N2+2. The lowest BCUT2D eigenvalue weighted by Gasteiger charge is -2.18. The highest BCUT2D eigenvalue weighted by atomic mass is 14.9. The van der Waals surface area contributed by atoms with Gasteiger partial charge >= 0.3 is 0 Å². The summed E-state index contributed by atoms with van der Waals surface area (Å²) in [6.45, 7) is 2.54. The van der Waals surface area contributed by atoms with Crippen LogP contribution in [0.2, 0.25) is 0 Å². The van der Waals surface area contributed by atoms with Gasteiger partial charge in [-0.1, -0.05) is 0 Å². The van der Waals surface area contributed by atoms with E-state index in [0.717, 1.165) is 0 Å². The van der Waals surface area contributed by atoms with Gasteiger partial charge in [-0.05, 0) is 18.9 Å². The normalized spacial score (nSPS) is 20.0. The molecule has 0 radical (unpaired) electrons. The topological polar surface area (TPSA) is 33.2 Å². The lowest BCUT2D eigenvalue weighted by molar-refractivity contribution is -0.584. The lowest BCUT2D eigenvalue weighted by atomic mass is 9.95. The molecule has 0 saturated heterocycles. The van der Waals surface area contributed by atoms with Crippen LogP contribution < -0.4 is 10.6 Å². The number of nitrogens with two attached hydrogens (primary N) is 2. The van der Waals surface area contributed by atoms with E-state index >= 15 is 0 Å². The molecule has 2 nitrogen and oxygen atoms in total. The zero-order valence-corrected chi connectivity index (χ0v) is 8.55. The van der Waals surface area contributed by atoms with Crippen LogP contribution in [0.15, 0.2) is 12.1 Å². The summed E-state index contributed by atoms with van der Waals surface area (Å²) in [4.78, 5) is 0. The van der Waals surface area contributed by atoms with Gasteiger partial charge in [0.2, 0.25) is 0 Å². The average Bonchev–Trinajstić information content (AvgIpc) is 2.26. The van der Waals surface area contributed by atoms with Crippen molar-refractivity contribution in [1.82, 2.24) is 0 Å². The molecule has 0 saturated carbocycles. The molecule has 0 aromatic heterocycles. The van der Waals surface area contributed by atoms with Crippen LogP contribution in [0, 0.1) is 0 Å². The molecule has 2 aliphatic heterocycles. The van der Waals surface area contributed by atoms with Gasteiger partial charge < -0.3 is 10.6 Å². The van der Waals surface area contributed by atoms with Gasteiger partial charge in [-0.3, -0.25) is 0 Å². The highest BCUT2D eigenvalue weighted by molar-refractivity contribution is 5.54. The van der Waals surface area contributed by atoms with E-state index in [9.17, 15) is 0 Å². The maximum atomic E-state index is 2.45. The van der Waals surface area contributed by atoms with E-state index in [1.165, 1.54) is 50.1 Å². The molecule has 2 heteroatoms. The number of rotatable bonds is 0. The van der Waals surface area contributed by atoms with Gasteiger partial charge in [0.25, 0.3) is 0 Å². The van der Waals surface area contributed by atoms with Crippen molar-refractivity contribution in [3.05, 3.63) is 23.3 Å². The molecule has 0 amide bonds. The first kappa shape index (κ1) is 8.45. The summed E-state index contributed by atoms with van der Waals surface area (Å²) in [6, 6.07) is 4.86. The fourth-order valence-electron chi connectivity index (χ4n) is 2.64. The van der Waals surface area contributed by atoms with Gasteiger partial charge in [0.05, 0.1) is 19.2 Å². The number of aryl methyl sites for hydroxylation is 2. The summed E-state index contributed by atoms with van der Waals surface area (Å²) in [5, 5.41) is 4.81. The summed E-state index contributed by atoms with van der Waals surface area (Å²) in [6.07, 6.45) is 5.27. The van der Waals surface area contributed by atoms with Gasteiger partial charge in [-0.25, -0.2) is 0 Å². The van der Waals surface area contributed by atoms with E-state index in [2.05, 4.69) is 22.8 Å². The summed E-state index contributed by atoms with van der Waals surface area (Å²) in [5.41, 5.74) is 6.19. The molecule has 74 valence electrons. The number of hydrogen-bond acceptors (Lipinski definition) is 0. The van der Waals surface area contributed by atoms with Gasteiger partial charge in [-0.15, -0.1) is 0 Å². The highest BCUT2D eigenvalue weighted by Gasteiger charge is 2.20. The van der Waals surface area contributed by atoms with E-state index < -0.39 is 0 Å². The number of fused-ring (bicyclic) bond motifs is 2. The zero-order chi connectivity index (χ0) is 9.38. The van der Waals surface area contributed by atoms with Crippen molar-refractivity contribution in [1.29, 1.82) is 0 Å². The second-order valence-electron chi connectivity index (χ2n) is 4.44. The molecule has 0 aliphatic carbocycles.